The van der Waals surface area contributed by atoms with E-state index in [1.54, 1.807) is 16.4 Å². The molecule has 0 bridgehead atoms. The highest BCUT2D eigenvalue weighted by Gasteiger charge is 2.35. The van der Waals surface area contributed by atoms with Crippen molar-refractivity contribution in [2.45, 2.75) is 75.8 Å². The van der Waals surface area contributed by atoms with Gasteiger partial charge in [0.1, 0.15) is 0 Å². The molecule has 1 aliphatic heterocycles. The Kier molecular flexibility index (Phi) is 7.35. The molecule has 0 spiro atoms. The molecule has 1 aromatic rings. The number of rotatable bonds is 7. The molecular formula is C22H36N3O3S+. The lowest BCUT2D eigenvalue weighted by Crippen LogP contribution is -3.19. The molecule has 0 unspecified atom stereocenters. The number of carbonyl (C=O) groups excluding carboxylic acids is 1. The molecule has 0 aromatic heterocycles. The summed E-state index contributed by atoms with van der Waals surface area (Å²) in [6.07, 6.45) is 5.58. The Labute approximate surface area is 175 Å². The number of hydrogen-bond donors (Lipinski definition) is 2. The van der Waals surface area contributed by atoms with Crippen molar-refractivity contribution in [3.05, 3.63) is 29.8 Å². The fourth-order valence-electron chi connectivity index (χ4n) is 4.38. The Balaban J connectivity index is 1.56. The van der Waals surface area contributed by atoms with Gasteiger partial charge in [0.2, 0.25) is 10.0 Å². The van der Waals surface area contributed by atoms with Crippen LogP contribution in [0.25, 0.3) is 0 Å². The van der Waals surface area contributed by atoms with Crippen LogP contribution < -0.4 is 10.2 Å². The summed E-state index contributed by atoms with van der Waals surface area (Å²) in [5.41, 5.74) is 1.17. The van der Waals surface area contributed by atoms with Gasteiger partial charge in [-0.15, -0.1) is 0 Å². The van der Waals surface area contributed by atoms with Crippen molar-refractivity contribution in [1.82, 2.24) is 9.62 Å². The molecule has 29 heavy (non-hydrogen) atoms. The first-order valence-corrected chi connectivity index (χ1v) is 12.5. The summed E-state index contributed by atoms with van der Waals surface area (Å²) in [5.74, 6) is 0.527. The second-order valence-electron chi connectivity index (χ2n) is 8.65. The van der Waals surface area contributed by atoms with E-state index in [0.29, 0.717) is 43.0 Å². The van der Waals surface area contributed by atoms with Gasteiger partial charge in [0.25, 0.3) is 5.91 Å². The van der Waals surface area contributed by atoms with Crippen LogP contribution in [0.3, 0.4) is 0 Å². The number of piperazine rings is 1. The maximum absolute atomic E-state index is 13.0. The highest BCUT2D eigenvalue weighted by Crippen LogP contribution is 2.22. The topological polar surface area (TPSA) is 70.9 Å². The van der Waals surface area contributed by atoms with E-state index in [-0.39, 0.29) is 11.9 Å². The molecule has 7 heteroatoms. The van der Waals surface area contributed by atoms with Crippen molar-refractivity contribution in [1.29, 1.82) is 0 Å². The number of hydrogen-bond acceptors (Lipinski definition) is 3. The number of quaternary nitrogens is 1. The smallest absolute Gasteiger partial charge is 0.278 e. The molecule has 2 fully saturated rings. The summed E-state index contributed by atoms with van der Waals surface area (Å²) >= 11 is 0. The quantitative estimate of drug-likeness (QED) is 0.700. The van der Waals surface area contributed by atoms with Gasteiger partial charge >= 0.3 is 0 Å². The van der Waals surface area contributed by atoms with Crippen LogP contribution in [0, 0.1) is 0 Å². The zero-order valence-corrected chi connectivity index (χ0v) is 18.8. The number of nitrogens with zero attached hydrogens (tertiary/aromatic N) is 1. The summed E-state index contributed by atoms with van der Waals surface area (Å²) < 4.78 is 27.6. The van der Waals surface area contributed by atoms with Gasteiger partial charge < -0.3 is 10.2 Å². The second-order valence-corrected chi connectivity index (χ2v) is 10.6. The molecule has 162 valence electrons. The highest BCUT2D eigenvalue weighted by atomic mass is 32.2. The lowest BCUT2D eigenvalue weighted by atomic mass is 9.99. The molecule has 1 saturated carbocycles. The lowest BCUT2D eigenvalue weighted by Gasteiger charge is -2.34. The van der Waals surface area contributed by atoms with E-state index < -0.39 is 10.0 Å². The minimum absolute atomic E-state index is 0.101. The number of amides is 1. The van der Waals surface area contributed by atoms with Gasteiger partial charge in [-0.05, 0) is 49.8 Å². The van der Waals surface area contributed by atoms with Crippen molar-refractivity contribution in [3.63, 3.8) is 0 Å². The number of nitrogens with one attached hydrogen (secondary N) is 2. The molecule has 1 heterocycles. The third kappa shape index (κ3) is 5.19. The zero-order valence-electron chi connectivity index (χ0n) is 18.0. The van der Waals surface area contributed by atoms with Crippen LogP contribution in [0.1, 0.15) is 64.4 Å². The first kappa shape index (κ1) is 22.2. The Morgan fingerprint density at radius 1 is 1.14 bits per heavy atom. The van der Waals surface area contributed by atoms with E-state index in [4.69, 9.17) is 0 Å². The van der Waals surface area contributed by atoms with Gasteiger partial charge in [0.15, 0.2) is 6.04 Å². The molecule has 1 aliphatic carbocycles. The summed E-state index contributed by atoms with van der Waals surface area (Å²) in [6.45, 7) is 8.45. The minimum Gasteiger partial charge on any atom is -0.348 e. The van der Waals surface area contributed by atoms with Crippen LogP contribution in [0.2, 0.25) is 0 Å². The van der Waals surface area contributed by atoms with E-state index in [2.05, 4.69) is 19.2 Å². The van der Waals surface area contributed by atoms with E-state index in [9.17, 15) is 13.2 Å². The average Bonchev–Trinajstić information content (AvgIpc) is 3.25. The summed E-state index contributed by atoms with van der Waals surface area (Å²) in [5, 5.41) is 3.17. The zero-order chi connectivity index (χ0) is 21.0. The van der Waals surface area contributed by atoms with Crippen LogP contribution in [-0.2, 0) is 14.8 Å². The van der Waals surface area contributed by atoms with Gasteiger partial charge in [-0.1, -0.05) is 38.8 Å². The summed E-state index contributed by atoms with van der Waals surface area (Å²) in [7, 11) is -3.48. The fourth-order valence-corrected chi connectivity index (χ4v) is 5.82. The highest BCUT2D eigenvalue weighted by molar-refractivity contribution is 7.89. The Bertz CT molecular complexity index is 780. The van der Waals surface area contributed by atoms with E-state index in [1.807, 2.05) is 19.1 Å². The molecule has 2 aliphatic rings. The maximum atomic E-state index is 13.0. The largest absolute Gasteiger partial charge is 0.348 e. The molecule has 2 atom stereocenters. The van der Waals surface area contributed by atoms with Gasteiger partial charge in [-0.3, -0.25) is 4.79 Å². The fraction of sp³-hybridized carbons (Fsp3) is 0.682. The molecule has 1 aromatic carbocycles. The third-order valence-electron chi connectivity index (χ3n) is 6.77. The van der Waals surface area contributed by atoms with Crippen molar-refractivity contribution in [2.24, 2.45) is 0 Å². The van der Waals surface area contributed by atoms with Crippen LogP contribution in [0.15, 0.2) is 29.2 Å². The van der Waals surface area contributed by atoms with Gasteiger partial charge in [0.05, 0.1) is 31.1 Å². The second kappa shape index (κ2) is 9.58. The van der Waals surface area contributed by atoms with Crippen LogP contribution in [-0.4, -0.2) is 56.9 Å². The first-order chi connectivity index (χ1) is 13.8. The predicted molar refractivity (Wildman–Crippen MR) is 114 cm³/mol. The summed E-state index contributed by atoms with van der Waals surface area (Å²) in [4.78, 5) is 14.1. The SMILES string of the molecule is CC[C@H](C)c1ccc(S(=O)(=O)N2CC[NH+]([C@H](C)C(=O)NC3CCCC3)CC2)cc1. The number of sulfonamides is 1. The van der Waals surface area contributed by atoms with Crippen LogP contribution in [0.4, 0.5) is 0 Å². The van der Waals surface area contributed by atoms with Crippen LogP contribution >= 0.6 is 0 Å². The Hall–Kier alpha value is -1.44. The monoisotopic (exact) mass is 422 g/mol. The Morgan fingerprint density at radius 2 is 1.72 bits per heavy atom. The molecule has 1 amide bonds. The third-order valence-corrected chi connectivity index (χ3v) is 8.68. The molecule has 6 nitrogen and oxygen atoms in total. The molecule has 0 radical (unpaired) electrons. The van der Waals surface area contributed by atoms with E-state index in [1.165, 1.54) is 23.3 Å². The van der Waals surface area contributed by atoms with Crippen LogP contribution in [0.5, 0.6) is 0 Å². The van der Waals surface area contributed by atoms with Gasteiger partial charge in [-0.2, -0.15) is 4.31 Å². The van der Waals surface area contributed by atoms with Crippen molar-refractivity contribution >= 4 is 15.9 Å². The lowest BCUT2D eigenvalue weighted by molar-refractivity contribution is -0.917. The Morgan fingerprint density at radius 3 is 2.28 bits per heavy atom. The molecule has 3 rings (SSSR count). The average molecular weight is 423 g/mol. The molecular weight excluding hydrogens is 386 g/mol. The van der Waals surface area contributed by atoms with Crippen molar-refractivity contribution < 1.29 is 18.1 Å². The number of carbonyl (C=O) groups is 1. The maximum Gasteiger partial charge on any atom is 0.278 e. The normalized spacial score (nSPS) is 21.8. The number of benzene rings is 1. The van der Waals surface area contributed by atoms with E-state index in [0.717, 1.165) is 19.3 Å². The standard InChI is InChI=1S/C22H35N3O3S/c1-4-17(2)19-9-11-21(12-10-19)29(27,28)25-15-13-24(14-16-25)18(3)22(26)23-20-7-5-6-8-20/h9-12,17-18,20H,4-8,13-16H2,1-3H3,(H,23,26)/p+1/t17-,18+/m0/s1. The summed E-state index contributed by atoms with van der Waals surface area (Å²) in [6, 6.07) is 7.50. The first-order valence-electron chi connectivity index (χ1n) is 11.1. The van der Waals surface area contributed by atoms with Gasteiger partial charge in [0, 0.05) is 6.04 Å². The molecule has 2 N–H and O–H groups in total. The molecule has 1 saturated heterocycles. The van der Waals surface area contributed by atoms with E-state index >= 15 is 0 Å². The minimum atomic E-state index is -3.48. The van der Waals surface area contributed by atoms with Crippen molar-refractivity contribution in [3.8, 4) is 0 Å². The van der Waals surface area contributed by atoms with Gasteiger partial charge in [-0.25, -0.2) is 8.42 Å². The predicted octanol–water partition coefficient (Wildman–Crippen LogP) is 1.54. The van der Waals surface area contributed by atoms with Crippen molar-refractivity contribution in [2.75, 3.05) is 26.2 Å².